The molecule has 1 saturated heterocycles. The first-order valence-corrected chi connectivity index (χ1v) is 9.87. The maximum absolute atomic E-state index is 12.2. The van der Waals surface area contributed by atoms with Crippen molar-refractivity contribution in [3.63, 3.8) is 0 Å². The van der Waals surface area contributed by atoms with Crippen LogP contribution in [0.2, 0.25) is 0 Å². The van der Waals surface area contributed by atoms with Crippen LogP contribution in [0.15, 0.2) is 24.4 Å². The molecule has 3 heterocycles. The van der Waals surface area contributed by atoms with Crippen LogP contribution in [-0.2, 0) is 14.0 Å². The van der Waals surface area contributed by atoms with Crippen molar-refractivity contribution < 1.29 is 18.8 Å². The zero-order chi connectivity index (χ0) is 20.7. The lowest BCUT2D eigenvalue weighted by Gasteiger charge is -2.32. The van der Waals surface area contributed by atoms with Crippen molar-refractivity contribution in [3.05, 3.63) is 30.1 Å². The smallest absolute Gasteiger partial charge is 0.444 e. The average molecular weight is 386 g/mol. The molecule has 152 valence electrons. The van der Waals surface area contributed by atoms with E-state index in [1.165, 1.54) is 0 Å². The van der Waals surface area contributed by atoms with Crippen LogP contribution in [0, 0.1) is 0 Å². The van der Waals surface area contributed by atoms with Gasteiger partial charge in [-0.1, -0.05) is 6.08 Å². The number of aromatic nitrogens is 1. The van der Waals surface area contributed by atoms with Gasteiger partial charge >= 0.3 is 13.2 Å². The van der Waals surface area contributed by atoms with Gasteiger partial charge in [-0.3, -0.25) is 4.98 Å². The third kappa shape index (κ3) is 4.41. The minimum atomic E-state index is -0.486. The van der Waals surface area contributed by atoms with Gasteiger partial charge in [0.05, 0.1) is 16.9 Å². The summed E-state index contributed by atoms with van der Waals surface area (Å²) in [6.45, 7) is 14.9. The molecule has 2 aliphatic rings. The zero-order valence-electron chi connectivity index (χ0n) is 18.0. The topological polar surface area (TPSA) is 60.9 Å². The first-order valence-electron chi connectivity index (χ1n) is 9.87. The minimum Gasteiger partial charge on any atom is -0.444 e. The van der Waals surface area contributed by atoms with Crippen LogP contribution in [0.4, 0.5) is 4.79 Å². The Bertz CT molecular complexity index is 767. The van der Waals surface area contributed by atoms with Crippen molar-refractivity contribution in [1.29, 1.82) is 0 Å². The Balaban J connectivity index is 1.71. The maximum atomic E-state index is 12.2. The SMILES string of the molecule is CC(C)(C)OC(=O)N1CC=C(c2cc(B3OC(C)(C)C(C)(C)O3)ccn2)CC1. The van der Waals surface area contributed by atoms with Gasteiger partial charge in [-0.25, -0.2) is 4.79 Å². The molecule has 0 radical (unpaired) electrons. The number of nitrogens with zero attached hydrogens (tertiary/aromatic N) is 2. The Morgan fingerprint density at radius 1 is 1.21 bits per heavy atom. The number of carbonyl (C=O) groups excluding carboxylic acids is 1. The monoisotopic (exact) mass is 386 g/mol. The first-order chi connectivity index (χ1) is 12.9. The molecule has 1 fully saturated rings. The zero-order valence-corrected chi connectivity index (χ0v) is 18.0. The summed E-state index contributed by atoms with van der Waals surface area (Å²) in [5.41, 5.74) is 1.74. The van der Waals surface area contributed by atoms with E-state index in [2.05, 4.69) is 4.98 Å². The molecule has 1 aromatic heterocycles. The number of pyridine rings is 1. The summed E-state index contributed by atoms with van der Waals surface area (Å²) in [5.74, 6) is 0. The molecule has 28 heavy (non-hydrogen) atoms. The van der Waals surface area contributed by atoms with Gasteiger partial charge < -0.3 is 18.9 Å². The van der Waals surface area contributed by atoms with Crippen LogP contribution in [0.1, 0.15) is 60.6 Å². The highest BCUT2D eigenvalue weighted by Crippen LogP contribution is 2.36. The molecular formula is C21H31BN2O4. The summed E-state index contributed by atoms with van der Waals surface area (Å²) < 4.78 is 17.7. The van der Waals surface area contributed by atoms with Crippen LogP contribution in [-0.4, -0.2) is 53.0 Å². The predicted molar refractivity (Wildman–Crippen MR) is 110 cm³/mol. The second kappa shape index (κ2) is 7.19. The maximum Gasteiger partial charge on any atom is 0.494 e. The van der Waals surface area contributed by atoms with Crippen molar-refractivity contribution >= 4 is 24.2 Å². The first kappa shape index (κ1) is 20.9. The lowest BCUT2D eigenvalue weighted by Crippen LogP contribution is -2.41. The highest BCUT2D eigenvalue weighted by molar-refractivity contribution is 6.62. The average Bonchev–Trinajstić information content (AvgIpc) is 2.81. The quantitative estimate of drug-likeness (QED) is 0.729. The van der Waals surface area contributed by atoms with Gasteiger partial charge in [0.15, 0.2) is 0 Å². The van der Waals surface area contributed by atoms with E-state index in [0.29, 0.717) is 13.1 Å². The third-order valence-electron chi connectivity index (χ3n) is 5.50. The van der Waals surface area contributed by atoms with Crippen LogP contribution in [0.25, 0.3) is 5.57 Å². The van der Waals surface area contributed by atoms with E-state index in [4.69, 9.17) is 14.0 Å². The second-order valence-corrected chi connectivity index (χ2v) is 9.47. The predicted octanol–water partition coefficient (Wildman–Crippen LogP) is 3.41. The lowest BCUT2D eigenvalue weighted by atomic mass is 9.79. The van der Waals surface area contributed by atoms with Crippen LogP contribution >= 0.6 is 0 Å². The fourth-order valence-electron chi connectivity index (χ4n) is 3.14. The number of ether oxygens (including phenoxy) is 1. The molecule has 0 aromatic carbocycles. The Morgan fingerprint density at radius 3 is 2.39 bits per heavy atom. The minimum absolute atomic E-state index is 0.276. The summed E-state index contributed by atoms with van der Waals surface area (Å²) in [6.07, 6.45) is 4.29. The van der Waals surface area contributed by atoms with Gasteiger partial charge in [0, 0.05) is 19.3 Å². The van der Waals surface area contributed by atoms with Gasteiger partial charge in [-0.15, -0.1) is 0 Å². The van der Waals surface area contributed by atoms with Gasteiger partial charge in [0.25, 0.3) is 0 Å². The van der Waals surface area contributed by atoms with Gasteiger partial charge in [-0.05, 0) is 78.1 Å². The molecule has 0 atom stereocenters. The molecule has 3 rings (SSSR count). The molecule has 0 N–H and O–H groups in total. The molecular weight excluding hydrogens is 355 g/mol. The van der Waals surface area contributed by atoms with E-state index >= 15 is 0 Å². The van der Waals surface area contributed by atoms with Crippen molar-refractivity contribution in [2.75, 3.05) is 13.1 Å². The highest BCUT2D eigenvalue weighted by Gasteiger charge is 2.51. The van der Waals surface area contributed by atoms with E-state index in [-0.39, 0.29) is 17.3 Å². The van der Waals surface area contributed by atoms with Crippen molar-refractivity contribution in [2.24, 2.45) is 0 Å². The standard InChI is InChI=1S/C21H31BN2O4/c1-19(2,3)26-18(25)24-12-9-15(10-13-24)17-14-16(8-11-23-17)22-27-20(4,5)21(6,7)28-22/h8-9,11,14H,10,12-13H2,1-7H3. The molecule has 2 aliphatic heterocycles. The summed E-state index contributed by atoms with van der Waals surface area (Å²) >= 11 is 0. The summed E-state index contributed by atoms with van der Waals surface area (Å²) in [4.78, 5) is 18.5. The van der Waals surface area contributed by atoms with E-state index in [9.17, 15) is 4.79 Å². The number of amides is 1. The third-order valence-corrected chi connectivity index (χ3v) is 5.50. The number of hydrogen-bond donors (Lipinski definition) is 0. The molecule has 7 heteroatoms. The molecule has 0 bridgehead atoms. The fourth-order valence-corrected chi connectivity index (χ4v) is 3.14. The Kier molecular flexibility index (Phi) is 5.36. The normalized spacial score (nSPS) is 21.5. The lowest BCUT2D eigenvalue weighted by molar-refractivity contribution is 0.00578. The van der Waals surface area contributed by atoms with E-state index in [1.54, 1.807) is 11.1 Å². The van der Waals surface area contributed by atoms with E-state index in [0.717, 1.165) is 23.2 Å². The molecule has 0 aliphatic carbocycles. The van der Waals surface area contributed by atoms with Gasteiger partial charge in [0.2, 0.25) is 0 Å². The van der Waals surface area contributed by atoms with Gasteiger partial charge in [-0.2, -0.15) is 0 Å². The Morgan fingerprint density at radius 2 is 1.86 bits per heavy atom. The van der Waals surface area contributed by atoms with Crippen molar-refractivity contribution in [1.82, 2.24) is 9.88 Å². The summed E-state index contributed by atoms with van der Waals surface area (Å²) in [6, 6.07) is 3.96. The molecule has 0 unspecified atom stereocenters. The number of hydrogen-bond acceptors (Lipinski definition) is 5. The van der Waals surface area contributed by atoms with E-state index < -0.39 is 12.7 Å². The highest BCUT2D eigenvalue weighted by atomic mass is 16.7. The largest absolute Gasteiger partial charge is 0.494 e. The van der Waals surface area contributed by atoms with E-state index in [1.807, 2.05) is 66.7 Å². The second-order valence-electron chi connectivity index (χ2n) is 9.47. The molecule has 1 amide bonds. The summed E-state index contributed by atoms with van der Waals surface area (Å²) in [7, 11) is -0.408. The van der Waals surface area contributed by atoms with Crippen LogP contribution in [0.5, 0.6) is 0 Å². The molecule has 0 saturated carbocycles. The summed E-state index contributed by atoms with van der Waals surface area (Å²) in [5, 5.41) is 0. The van der Waals surface area contributed by atoms with Crippen molar-refractivity contribution in [3.8, 4) is 0 Å². The van der Waals surface area contributed by atoms with Gasteiger partial charge in [0.1, 0.15) is 5.60 Å². The van der Waals surface area contributed by atoms with Crippen molar-refractivity contribution in [2.45, 2.75) is 71.7 Å². The number of rotatable bonds is 2. The molecule has 1 aromatic rings. The number of carbonyl (C=O) groups is 1. The van der Waals surface area contributed by atoms with Crippen LogP contribution in [0.3, 0.4) is 0 Å². The molecule has 0 spiro atoms. The Labute approximate surface area is 168 Å². The Hall–Kier alpha value is -1.86. The molecule has 6 nitrogen and oxygen atoms in total. The van der Waals surface area contributed by atoms with Crippen LogP contribution < -0.4 is 5.46 Å². The fraction of sp³-hybridized carbons (Fsp3) is 0.619.